The van der Waals surface area contributed by atoms with Gasteiger partial charge in [-0.1, -0.05) is 0 Å². The molecule has 0 aliphatic heterocycles. The average molecular weight is 373 g/mol. The number of nitriles is 1. The Kier molecular flexibility index (Phi) is 4.41. The van der Waals surface area contributed by atoms with Gasteiger partial charge in [-0.2, -0.15) is 18.4 Å². The quantitative estimate of drug-likeness (QED) is 0.542. The van der Waals surface area contributed by atoms with Crippen molar-refractivity contribution in [1.29, 1.82) is 10.7 Å². The van der Waals surface area contributed by atoms with Gasteiger partial charge in [-0.05, 0) is 36.4 Å². The van der Waals surface area contributed by atoms with Crippen molar-refractivity contribution < 1.29 is 17.6 Å². The molecule has 3 aromatic rings. The van der Waals surface area contributed by atoms with Crippen LogP contribution in [-0.4, -0.2) is 21.3 Å². The molecule has 2 heterocycles. The van der Waals surface area contributed by atoms with E-state index in [1.165, 1.54) is 41.1 Å². The van der Waals surface area contributed by atoms with Crippen LogP contribution < -0.4 is 5.73 Å². The third-order valence-corrected chi connectivity index (χ3v) is 3.87. The van der Waals surface area contributed by atoms with Crippen LogP contribution in [0.1, 0.15) is 16.8 Å². The molecule has 0 saturated carbocycles. The smallest absolute Gasteiger partial charge is 0.394 e. The first-order valence-electron chi connectivity index (χ1n) is 7.51. The molecule has 0 saturated heterocycles. The number of benzene rings is 1. The minimum absolute atomic E-state index is 0.0267. The zero-order chi connectivity index (χ0) is 19.8. The summed E-state index contributed by atoms with van der Waals surface area (Å²) in [6, 6.07) is 9.09. The van der Waals surface area contributed by atoms with Crippen LogP contribution in [0.15, 0.2) is 54.5 Å². The van der Waals surface area contributed by atoms with Crippen molar-refractivity contribution >= 4 is 16.9 Å². The van der Waals surface area contributed by atoms with Gasteiger partial charge in [-0.3, -0.25) is 9.81 Å². The van der Waals surface area contributed by atoms with Gasteiger partial charge in [0.2, 0.25) is 0 Å². The SMILES string of the molecule is N#Cc1cnc2ccc(/C(C(=N)c3ccc(F)cc3)=C(/N)C(F)(F)F)cn12. The Morgan fingerprint density at radius 3 is 2.33 bits per heavy atom. The maximum absolute atomic E-state index is 13.3. The van der Waals surface area contributed by atoms with Crippen molar-refractivity contribution in [2.75, 3.05) is 0 Å². The number of nitrogens with two attached hydrogens (primary N) is 1. The van der Waals surface area contributed by atoms with Crippen LogP contribution >= 0.6 is 0 Å². The van der Waals surface area contributed by atoms with Crippen molar-refractivity contribution in [3.05, 3.63) is 77.1 Å². The van der Waals surface area contributed by atoms with Gasteiger partial charge in [0.05, 0.1) is 11.9 Å². The summed E-state index contributed by atoms with van der Waals surface area (Å²) < 4.78 is 54.4. The number of alkyl halides is 3. The second kappa shape index (κ2) is 6.57. The van der Waals surface area contributed by atoms with E-state index in [1.807, 2.05) is 6.07 Å². The van der Waals surface area contributed by atoms with Gasteiger partial charge < -0.3 is 5.73 Å². The van der Waals surface area contributed by atoms with E-state index < -0.39 is 29.0 Å². The third-order valence-electron chi connectivity index (χ3n) is 3.87. The monoisotopic (exact) mass is 373 g/mol. The van der Waals surface area contributed by atoms with E-state index in [1.54, 1.807) is 0 Å². The molecule has 27 heavy (non-hydrogen) atoms. The molecular formula is C18H11F4N5. The van der Waals surface area contributed by atoms with Crippen LogP contribution in [0.2, 0.25) is 0 Å². The average Bonchev–Trinajstić information content (AvgIpc) is 3.04. The van der Waals surface area contributed by atoms with Crippen LogP contribution in [-0.2, 0) is 0 Å². The van der Waals surface area contributed by atoms with Gasteiger partial charge in [0.15, 0.2) is 0 Å². The molecule has 0 amide bonds. The predicted octanol–water partition coefficient (Wildman–Crippen LogP) is 3.65. The molecular weight excluding hydrogens is 362 g/mol. The van der Waals surface area contributed by atoms with Crippen molar-refractivity contribution in [3.8, 4) is 6.07 Å². The van der Waals surface area contributed by atoms with Crippen molar-refractivity contribution in [2.45, 2.75) is 6.18 Å². The summed E-state index contributed by atoms with van der Waals surface area (Å²) in [4.78, 5) is 3.97. The summed E-state index contributed by atoms with van der Waals surface area (Å²) in [6.07, 6.45) is -2.35. The molecule has 3 N–H and O–H groups in total. The molecule has 2 aromatic heterocycles. The van der Waals surface area contributed by atoms with Gasteiger partial charge in [0.25, 0.3) is 0 Å². The largest absolute Gasteiger partial charge is 0.431 e. The first kappa shape index (κ1) is 18.1. The molecule has 1 aromatic carbocycles. The predicted molar refractivity (Wildman–Crippen MR) is 90.3 cm³/mol. The van der Waals surface area contributed by atoms with E-state index >= 15 is 0 Å². The van der Waals surface area contributed by atoms with Gasteiger partial charge in [-0.25, -0.2) is 9.37 Å². The Labute approximate surface area is 150 Å². The fourth-order valence-corrected chi connectivity index (χ4v) is 2.55. The molecule has 0 atom stereocenters. The number of allylic oxidation sites excluding steroid dienone is 2. The fraction of sp³-hybridized carbons (Fsp3) is 0.0556. The first-order valence-corrected chi connectivity index (χ1v) is 7.51. The van der Waals surface area contributed by atoms with E-state index in [2.05, 4.69) is 4.98 Å². The number of halogens is 4. The standard InChI is InChI=1S/C18H11F4N5/c19-12-4-1-10(2-5-12)16(24)15(17(25)18(20,21)22)11-3-6-14-26-8-13(7-23)27(14)9-11/h1-6,8-9,24H,25H2/b17-15-,24-16?. The summed E-state index contributed by atoms with van der Waals surface area (Å²) in [5.74, 6) is -0.584. The van der Waals surface area contributed by atoms with Crippen LogP contribution in [0.5, 0.6) is 0 Å². The summed E-state index contributed by atoms with van der Waals surface area (Å²) in [7, 11) is 0. The molecule has 0 unspecified atom stereocenters. The topological polar surface area (TPSA) is 91.0 Å². The third kappa shape index (κ3) is 3.37. The molecule has 9 heteroatoms. The van der Waals surface area contributed by atoms with E-state index in [9.17, 15) is 17.6 Å². The number of hydrogen-bond donors (Lipinski definition) is 2. The van der Waals surface area contributed by atoms with Gasteiger partial charge >= 0.3 is 6.18 Å². The second-order valence-corrected chi connectivity index (χ2v) is 5.57. The van der Waals surface area contributed by atoms with Crippen molar-refractivity contribution in [1.82, 2.24) is 9.38 Å². The minimum Gasteiger partial charge on any atom is -0.394 e. The molecule has 0 aliphatic rings. The van der Waals surface area contributed by atoms with Crippen LogP contribution in [0.25, 0.3) is 11.2 Å². The van der Waals surface area contributed by atoms with Crippen molar-refractivity contribution in [3.63, 3.8) is 0 Å². The maximum Gasteiger partial charge on any atom is 0.431 e. The Morgan fingerprint density at radius 1 is 1.11 bits per heavy atom. The van der Waals surface area contributed by atoms with E-state index in [-0.39, 0.29) is 16.8 Å². The summed E-state index contributed by atoms with van der Waals surface area (Å²) in [5.41, 5.74) is 3.28. The van der Waals surface area contributed by atoms with Crippen molar-refractivity contribution in [2.24, 2.45) is 5.73 Å². The highest BCUT2D eigenvalue weighted by molar-refractivity contribution is 6.31. The minimum atomic E-state index is -4.89. The second-order valence-electron chi connectivity index (χ2n) is 5.57. The number of nitrogens with one attached hydrogen (secondary N) is 1. The Bertz CT molecular complexity index is 1100. The molecule has 0 spiro atoms. The Morgan fingerprint density at radius 2 is 1.74 bits per heavy atom. The lowest BCUT2D eigenvalue weighted by atomic mass is 9.95. The molecule has 0 radical (unpaired) electrons. The normalized spacial score (nSPS) is 12.6. The zero-order valence-corrected chi connectivity index (χ0v) is 13.5. The van der Waals surface area contributed by atoms with E-state index in [4.69, 9.17) is 16.4 Å². The first-order chi connectivity index (χ1) is 12.7. The van der Waals surface area contributed by atoms with Gasteiger partial charge in [0.1, 0.15) is 28.9 Å². The molecule has 0 bridgehead atoms. The summed E-state index contributed by atoms with van der Waals surface area (Å²) in [6.45, 7) is 0. The summed E-state index contributed by atoms with van der Waals surface area (Å²) >= 11 is 0. The lowest BCUT2D eigenvalue weighted by Crippen LogP contribution is -2.24. The van der Waals surface area contributed by atoms with E-state index in [0.29, 0.717) is 5.65 Å². The number of pyridine rings is 1. The number of fused-ring (bicyclic) bond motifs is 1. The molecule has 5 nitrogen and oxygen atoms in total. The number of aromatic nitrogens is 2. The number of rotatable bonds is 3. The van der Waals surface area contributed by atoms with Gasteiger partial charge in [-0.15, -0.1) is 0 Å². The van der Waals surface area contributed by atoms with E-state index in [0.717, 1.165) is 12.1 Å². The molecule has 3 rings (SSSR count). The number of hydrogen-bond acceptors (Lipinski definition) is 4. The number of imidazole rings is 1. The highest BCUT2D eigenvalue weighted by atomic mass is 19.4. The van der Waals surface area contributed by atoms with Crippen LogP contribution in [0, 0.1) is 22.6 Å². The molecule has 136 valence electrons. The lowest BCUT2D eigenvalue weighted by molar-refractivity contribution is -0.0919. The zero-order valence-electron chi connectivity index (χ0n) is 13.5. The highest BCUT2D eigenvalue weighted by Gasteiger charge is 2.36. The Balaban J connectivity index is 2.24. The summed E-state index contributed by atoms with van der Waals surface area (Å²) in [5, 5.41) is 17.3. The van der Waals surface area contributed by atoms with Gasteiger partial charge in [0, 0.05) is 22.9 Å². The number of nitrogens with zero attached hydrogens (tertiary/aromatic N) is 3. The maximum atomic E-state index is 13.3. The Hall–Kier alpha value is -3.67. The van der Waals surface area contributed by atoms with Crippen LogP contribution in [0.4, 0.5) is 17.6 Å². The molecule has 0 fully saturated rings. The fourth-order valence-electron chi connectivity index (χ4n) is 2.55. The highest BCUT2D eigenvalue weighted by Crippen LogP contribution is 2.31. The molecule has 0 aliphatic carbocycles. The lowest BCUT2D eigenvalue weighted by Gasteiger charge is -2.16. The van der Waals surface area contributed by atoms with Crippen LogP contribution in [0.3, 0.4) is 0 Å².